The highest BCUT2D eigenvalue weighted by atomic mass is 32.2. The topological polar surface area (TPSA) is 68.3 Å². The number of hydrogen-bond acceptors (Lipinski definition) is 8. The number of carbonyl (C=O) groups is 1. The molecule has 0 bridgehead atoms. The minimum absolute atomic E-state index is 0.133. The molecular formula is C22H17N3O3S4. The van der Waals surface area contributed by atoms with Gasteiger partial charge in [-0.1, -0.05) is 54.3 Å². The van der Waals surface area contributed by atoms with E-state index < -0.39 is 0 Å². The zero-order valence-corrected chi connectivity index (χ0v) is 20.4. The quantitative estimate of drug-likeness (QED) is 0.400. The number of amides is 1. The van der Waals surface area contributed by atoms with Crippen LogP contribution in [0.15, 0.2) is 45.6 Å². The van der Waals surface area contributed by atoms with Crippen LogP contribution in [0.4, 0.5) is 0 Å². The summed E-state index contributed by atoms with van der Waals surface area (Å²) in [5.74, 6) is 0.625. The number of aromatic nitrogens is 2. The van der Waals surface area contributed by atoms with Crippen LogP contribution in [-0.4, -0.2) is 31.2 Å². The molecule has 4 heterocycles. The van der Waals surface area contributed by atoms with E-state index in [9.17, 15) is 9.59 Å². The number of nitrogens with zero attached hydrogens (tertiary/aromatic N) is 3. The summed E-state index contributed by atoms with van der Waals surface area (Å²) >= 11 is 9.35. The third-order valence-electron chi connectivity index (χ3n) is 5.00. The van der Waals surface area contributed by atoms with Gasteiger partial charge in [0.05, 0.1) is 9.23 Å². The van der Waals surface area contributed by atoms with Crippen molar-refractivity contribution in [2.45, 2.75) is 20.4 Å². The van der Waals surface area contributed by atoms with E-state index in [0.717, 1.165) is 16.0 Å². The molecule has 0 unspecified atom stereocenters. The summed E-state index contributed by atoms with van der Waals surface area (Å²) < 4.78 is 10.2. The molecule has 10 heteroatoms. The molecule has 1 aromatic carbocycles. The molecule has 162 valence electrons. The molecule has 0 radical (unpaired) electrons. The van der Waals surface area contributed by atoms with Gasteiger partial charge in [-0.15, -0.1) is 22.7 Å². The van der Waals surface area contributed by atoms with Crippen molar-refractivity contribution in [1.82, 2.24) is 14.5 Å². The highest BCUT2D eigenvalue weighted by Crippen LogP contribution is 2.32. The number of rotatable bonds is 4. The molecule has 1 fully saturated rings. The molecule has 4 aromatic rings. The lowest BCUT2D eigenvalue weighted by molar-refractivity contribution is -0.120. The summed E-state index contributed by atoms with van der Waals surface area (Å²) in [6, 6.07) is 11.8. The summed E-state index contributed by atoms with van der Waals surface area (Å²) in [5.41, 5.74) is 1.41. The van der Waals surface area contributed by atoms with Crippen LogP contribution < -0.4 is 14.8 Å². The zero-order chi connectivity index (χ0) is 22.4. The monoisotopic (exact) mass is 499 g/mol. The van der Waals surface area contributed by atoms with Gasteiger partial charge < -0.3 is 4.42 Å². The Morgan fingerprint density at radius 3 is 2.56 bits per heavy atom. The average Bonchev–Trinajstić information content (AvgIpc) is 3.50. The largest absolute Gasteiger partial charge is 0.437 e. The molecule has 0 spiro atoms. The Morgan fingerprint density at radius 1 is 1.12 bits per heavy atom. The van der Waals surface area contributed by atoms with Crippen LogP contribution in [0.25, 0.3) is 32.7 Å². The lowest BCUT2D eigenvalue weighted by Crippen LogP contribution is -2.33. The molecular weight excluding hydrogens is 483 g/mol. The molecule has 1 amide bonds. The van der Waals surface area contributed by atoms with E-state index in [2.05, 4.69) is 4.98 Å². The van der Waals surface area contributed by atoms with Gasteiger partial charge in [-0.3, -0.25) is 19.1 Å². The number of benzene rings is 1. The molecule has 0 atom stereocenters. The van der Waals surface area contributed by atoms with Gasteiger partial charge in [0.15, 0.2) is 0 Å². The number of thioether (sulfide) groups is 1. The number of fused-ring (bicyclic) bond motifs is 1. The molecule has 1 aliphatic heterocycles. The van der Waals surface area contributed by atoms with Crippen LogP contribution in [0.3, 0.4) is 0 Å². The average molecular weight is 500 g/mol. The second-order valence-corrected chi connectivity index (χ2v) is 10.6. The summed E-state index contributed by atoms with van der Waals surface area (Å²) in [4.78, 5) is 32.4. The summed E-state index contributed by atoms with van der Waals surface area (Å²) in [5, 5.41) is 0.688. The van der Waals surface area contributed by atoms with Crippen LogP contribution in [0.2, 0.25) is 0 Å². The Morgan fingerprint density at radius 2 is 1.91 bits per heavy atom. The van der Waals surface area contributed by atoms with Gasteiger partial charge in [0.2, 0.25) is 5.71 Å². The number of hydrogen-bond donors (Lipinski definition) is 0. The maximum absolute atomic E-state index is 13.0. The maximum atomic E-state index is 13.0. The Kier molecular flexibility index (Phi) is 5.62. The van der Waals surface area contributed by atoms with Crippen molar-refractivity contribution in [3.8, 4) is 11.3 Å². The minimum atomic E-state index is -0.141. The van der Waals surface area contributed by atoms with Gasteiger partial charge in [-0.05, 0) is 19.9 Å². The van der Waals surface area contributed by atoms with E-state index in [0.29, 0.717) is 42.2 Å². The van der Waals surface area contributed by atoms with Crippen LogP contribution in [0, 0.1) is 0 Å². The fourth-order valence-electron chi connectivity index (χ4n) is 3.44. The second kappa shape index (κ2) is 8.43. The Hall–Kier alpha value is -2.53. The maximum Gasteiger partial charge on any atom is 0.269 e. The van der Waals surface area contributed by atoms with Crippen LogP contribution in [-0.2, 0) is 11.3 Å². The molecule has 3 aromatic heterocycles. The first-order valence-corrected chi connectivity index (χ1v) is 12.8. The van der Waals surface area contributed by atoms with E-state index in [1.807, 2.05) is 50.2 Å². The molecule has 1 saturated heterocycles. The Labute approximate surface area is 200 Å². The SMILES string of the molecule is CCN1C(=O)/C(=c2\s/c(=C/c3nc4oc(-c5ccccc5)cc4s3)c(=O)n2CC)SC1=S. The number of carbonyl (C=O) groups excluding carboxylic acids is 1. The smallest absolute Gasteiger partial charge is 0.269 e. The van der Waals surface area contributed by atoms with Crippen molar-refractivity contribution < 1.29 is 9.21 Å². The van der Waals surface area contributed by atoms with Crippen LogP contribution in [0.5, 0.6) is 0 Å². The predicted molar refractivity (Wildman–Crippen MR) is 135 cm³/mol. The van der Waals surface area contributed by atoms with E-state index in [-0.39, 0.29) is 11.5 Å². The Balaban J connectivity index is 1.59. The van der Waals surface area contributed by atoms with Gasteiger partial charge in [-0.2, -0.15) is 0 Å². The second-order valence-electron chi connectivity index (χ2n) is 6.91. The zero-order valence-electron chi connectivity index (χ0n) is 17.2. The number of thiazole rings is 2. The van der Waals surface area contributed by atoms with E-state index in [4.69, 9.17) is 16.6 Å². The minimum Gasteiger partial charge on any atom is -0.437 e. The van der Waals surface area contributed by atoms with E-state index in [1.165, 1.54) is 34.4 Å². The highest BCUT2D eigenvalue weighted by Gasteiger charge is 2.32. The molecule has 0 saturated carbocycles. The van der Waals surface area contributed by atoms with Crippen LogP contribution >= 0.6 is 46.7 Å². The normalized spacial score (nSPS) is 16.7. The van der Waals surface area contributed by atoms with Gasteiger partial charge >= 0.3 is 0 Å². The fourth-order valence-corrected chi connectivity index (χ4v) is 7.07. The number of furan rings is 1. The Bertz CT molecular complexity index is 1510. The third-order valence-corrected chi connectivity index (χ3v) is 8.63. The first-order valence-electron chi connectivity index (χ1n) is 9.95. The molecule has 1 aliphatic rings. The standard InChI is InChI=1S/C22H17N3O3S4/c1-3-24-19(26)15(31-21(24)17-20(27)25(4-2)22(29)32-17)11-16-23-18-14(30-16)10-13(28-18)12-8-6-5-7-9-12/h5-11H,3-4H2,1-2H3/b15-11+,21-17+. The van der Waals surface area contributed by atoms with Crippen molar-refractivity contribution >= 4 is 78.3 Å². The van der Waals surface area contributed by atoms with Crippen molar-refractivity contribution in [3.05, 3.63) is 61.0 Å². The summed E-state index contributed by atoms with van der Waals surface area (Å²) in [6.45, 7) is 4.76. The van der Waals surface area contributed by atoms with Gasteiger partial charge in [-0.25, -0.2) is 4.98 Å². The van der Waals surface area contributed by atoms with E-state index in [1.54, 1.807) is 15.5 Å². The predicted octanol–water partition coefficient (Wildman–Crippen LogP) is 3.62. The first kappa shape index (κ1) is 21.3. The van der Waals surface area contributed by atoms with Crippen molar-refractivity contribution in [2.24, 2.45) is 0 Å². The molecule has 0 N–H and O–H groups in total. The lowest BCUT2D eigenvalue weighted by atomic mass is 10.2. The van der Waals surface area contributed by atoms with Gasteiger partial charge in [0, 0.05) is 24.7 Å². The van der Waals surface area contributed by atoms with Crippen LogP contribution in [0.1, 0.15) is 18.9 Å². The number of thiocarbonyl (C=S) groups is 1. The first-order chi connectivity index (χ1) is 15.5. The lowest BCUT2D eigenvalue weighted by Gasteiger charge is -2.09. The van der Waals surface area contributed by atoms with E-state index >= 15 is 0 Å². The van der Waals surface area contributed by atoms with Gasteiger partial charge in [0.25, 0.3) is 11.5 Å². The molecule has 0 aliphatic carbocycles. The fraction of sp³-hybridized carbons (Fsp3) is 0.182. The molecule has 6 nitrogen and oxygen atoms in total. The third kappa shape index (κ3) is 3.57. The summed E-state index contributed by atoms with van der Waals surface area (Å²) in [7, 11) is 0. The van der Waals surface area contributed by atoms with Crippen molar-refractivity contribution in [1.29, 1.82) is 0 Å². The van der Waals surface area contributed by atoms with Crippen molar-refractivity contribution in [2.75, 3.05) is 6.54 Å². The summed E-state index contributed by atoms with van der Waals surface area (Å²) in [6.07, 6.45) is 1.77. The van der Waals surface area contributed by atoms with Gasteiger partial charge in [0.1, 0.15) is 24.7 Å². The van der Waals surface area contributed by atoms with Crippen molar-refractivity contribution in [3.63, 3.8) is 0 Å². The molecule has 32 heavy (non-hydrogen) atoms. The highest BCUT2D eigenvalue weighted by molar-refractivity contribution is 8.30. The molecule has 5 rings (SSSR count).